The number of hydrogen-bond donors (Lipinski definition) is 1. The van der Waals surface area contributed by atoms with Crippen molar-refractivity contribution >= 4 is 5.91 Å². The highest BCUT2D eigenvalue weighted by molar-refractivity contribution is 5.79. The summed E-state index contributed by atoms with van der Waals surface area (Å²) in [6, 6.07) is 16.4. The summed E-state index contributed by atoms with van der Waals surface area (Å²) in [4.78, 5) is 12.7. The SMILES string of the molecule is CCc1ccc(CC(=O)N[C@H]2CC(CC)(CC)Oc3ccccc32)cc1. The van der Waals surface area contributed by atoms with Gasteiger partial charge in [-0.3, -0.25) is 4.79 Å². The van der Waals surface area contributed by atoms with Gasteiger partial charge in [-0.15, -0.1) is 0 Å². The van der Waals surface area contributed by atoms with Crippen LogP contribution in [0.5, 0.6) is 5.75 Å². The van der Waals surface area contributed by atoms with Gasteiger partial charge in [0.25, 0.3) is 0 Å². The minimum Gasteiger partial charge on any atom is -0.487 e. The van der Waals surface area contributed by atoms with Crippen molar-refractivity contribution in [3.63, 3.8) is 0 Å². The lowest BCUT2D eigenvalue weighted by atomic mass is 9.83. The minimum absolute atomic E-state index is 0.00210. The largest absolute Gasteiger partial charge is 0.487 e. The van der Waals surface area contributed by atoms with Crippen molar-refractivity contribution < 1.29 is 9.53 Å². The highest BCUT2D eigenvalue weighted by atomic mass is 16.5. The van der Waals surface area contributed by atoms with Crippen molar-refractivity contribution in [2.75, 3.05) is 0 Å². The molecule has 1 amide bonds. The average molecular weight is 351 g/mol. The second kappa shape index (κ2) is 7.94. The Morgan fingerprint density at radius 1 is 1.04 bits per heavy atom. The molecule has 1 N–H and O–H groups in total. The highest BCUT2D eigenvalue weighted by Gasteiger charge is 2.38. The van der Waals surface area contributed by atoms with Gasteiger partial charge in [0.1, 0.15) is 11.4 Å². The zero-order valence-corrected chi connectivity index (χ0v) is 16.0. The fourth-order valence-electron chi connectivity index (χ4n) is 3.75. The molecule has 0 radical (unpaired) electrons. The summed E-state index contributed by atoms with van der Waals surface area (Å²) >= 11 is 0. The molecule has 1 atom stereocenters. The van der Waals surface area contributed by atoms with Crippen LogP contribution in [-0.2, 0) is 17.6 Å². The number of rotatable bonds is 6. The van der Waals surface area contributed by atoms with E-state index < -0.39 is 0 Å². The molecule has 0 spiro atoms. The molecule has 138 valence electrons. The maximum atomic E-state index is 12.7. The lowest BCUT2D eigenvalue weighted by Gasteiger charge is -2.41. The molecule has 0 bridgehead atoms. The minimum atomic E-state index is -0.199. The fourth-order valence-corrected chi connectivity index (χ4v) is 3.75. The smallest absolute Gasteiger partial charge is 0.224 e. The van der Waals surface area contributed by atoms with Gasteiger partial charge in [0.05, 0.1) is 12.5 Å². The van der Waals surface area contributed by atoms with E-state index >= 15 is 0 Å². The fraction of sp³-hybridized carbons (Fsp3) is 0.435. The Kier molecular flexibility index (Phi) is 5.65. The molecule has 2 aromatic carbocycles. The van der Waals surface area contributed by atoms with Crippen molar-refractivity contribution in [2.24, 2.45) is 0 Å². The number of ether oxygens (including phenoxy) is 1. The molecule has 0 fully saturated rings. The van der Waals surface area contributed by atoms with Crippen molar-refractivity contribution in [2.45, 2.75) is 64.5 Å². The van der Waals surface area contributed by atoms with Gasteiger partial charge in [0, 0.05) is 12.0 Å². The van der Waals surface area contributed by atoms with E-state index in [0.29, 0.717) is 6.42 Å². The van der Waals surface area contributed by atoms with Gasteiger partial charge in [-0.1, -0.05) is 63.2 Å². The van der Waals surface area contributed by atoms with Crippen LogP contribution in [-0.4, -0.2) is 11.5 Å². The molecule has 0 aliphatic carbocycles. The highest BCUT2D eigenvalue weighted by Crippen LogP contribution is 2.42. The predicted molar refractivity (Wildman–Crippen MR) is 105 cm³/mol. The Bertz CT molecular complexity index is 747. The molecule has 3 heteroatoms. The number of fused-ring (bicyclic) bond motifs is 1. The third-order valence-corrected chi connectivity index (χ3v) is 5.62. The number of hydrogen-bond acceptors (Lipinski definition) is 2. The van der Waals surface area contributed by atoms with Gasteiger partial charge in [-0.05, 0) is 36.5 Å². The van der Waals surface area contributed by atoms with Crippen LogP contribution in [0.25, 0.3) is 0 Å². The first kappa shape index (κ1) is 18.5. The van der Waals surface area contributed by atoms with Crippen molar-refractivity contribution in [3.05, 3.63) is 65.2 Å². The summed E-state index contributed by atoms with van der Waals surface area (Å²) in [5.74, 6) is 0.970. The van der Waals surface area contributed by atoms with E-state index in [9.17, 15) is 4.79 Å². The van der Waals surface area contributed by atoms with Gasteiger partial charge in [0.15, 0.2) is 0 Å². The third kappa shape index (κ3) is 3.92. The molecule has 2 aromatic rings. The van der Waals surface area contributed by atoms with E-state index in [-0.39, 0.29) is 17.6 Å². The van der Waals surface area contributed by atoms with E-state index in [1.807, 2.05) is 18.2 Å². The molecule has 0 saturated carbocycles. The molecule has 1 heterocycles. The molecule has 3 nitrogen and oxygen atoms in total. The Labute approximate surface area is 156 Å². The Morgan fingerprint density at radius 2 is 1.69 bits per heavy atom. The van der Waals surface area contributed by atoms with Crippen LogP contribution in [0.3, 0.4) is 0 Å². The predicted octanol–water partition coefficient (Wildman–Crippen LogP) is 4.99. The lowest BCUT2D eigenvalue weighted by Crippen LogP contribution is -2.44. The van der Waals surface area contributed by atoms with E-state index in [1.165, 1.54) is 5.56 Å². The summed E-state index contributed by atoms with van der Waals surface area (Å²) in [5.41, 5.74) is 3.23. The number of para-hydroxylation sites is 1. The summed E-state index contributed by atoms with van der Waals surface area (Å²) < 4.78 is 6.32. The molecule has 1 aliphatic rings. The van der Waals surface area contributed by atoms with Gasteiger partial charge in [-0.2, -0.15) is 0 Å². The van der Waals surface area contributed by atoms with Crippen LogP contribution < -0.4 is 10.1 Å². The topological polar surface area (TPSA) is 38.3 Å². The Balaban J connectivity index is 1.75. The quantitative estimate of drug-likeness (QED) is 0.796. The standard InChI is InChI=1S/C23H29NO2/c1-4-17-11-13-18(14-12-17)15-22(25)24-20-16-23(5-2,6-3)26-21-10-8-7-9-19(20)21/h7-14,20H,4-6,15-16H2,1-3H3,(H,24,25)/t20-/m0/s1. The van der Waals surface area contributed by atoms with Crippen LogP contribution >= 0.6 is 0 Å². The summed E-state index contributed by atoms with van der Waals surface area (Å²) in [7, 11) is 0. The van der Waals surface area contributed by atoms with Crippen LogP contribution in [0, 0.1) is 0 Å². The second-order valence-corrected chi connectivity index (χ2v) is 7.20. The third-order valence-electron chi connectivity index (χ3n) is 5.62. The van der Waals surface area contributed by atoms with Crippen molar-refractivity contribution in [1.29, 1.82) is 0 Å². The number of amides is 1. The number of carbonyl (C=O) groups excluding carboxylic acids is 1. The van der Waals surface area contributed by atoms with Gasteiger partial charge >= 0.3 is 0 Å². The lowest BCUT2D eigenvalue weighted by molar-refractivity contribution is -0.121. The molecule has 0 aromatic heterocycles. The summed E-state index contributed by atoms with van der Waals surface area (Å²) in [5, 5.41) is 3.26. The van der Waals surface area contributed by atoms with E-state index in [4.69, 9.17) is 4.74 Å². The van der Waals surface area contributed by atoms with Gasteiger partial charge < -0.3 is 10.1 Å². The Hall–Kier alpha value is -2.29. The molecule has 1 aliphatic heterocycles. The monoisotopic (exact) mass is 351 g/mol. The van der Waals surface area contributed by atoms with Crippen LogP contribution in [0.15, 0.2) is 48.5 Å². The van der Waals surface area contributed by atoms with Crippen LogP contribution in [0.4, 0.5) is 0 Å². The zero-order chi connectivity index (χ0) is 18.6. The number of aryl methyl sites for hydroxylation is 1. The first-order valence-corrected chi connectivity index (χ1v) is 9.74. The molecule has 0 unspecified atom stereocenters. The molecular formula is C23H29NO2. The first-order valence-electron chi connectivity index (χ1n) is 9.74. The molecular weight excluding hydrogens is 322 g/mol. The zero-order valence-electron chi connectivity index (χ0n) is 16.0. The number of benzene rings is 2. The van der Waals surface area contributed by atoms with E-state index in [1.54, 1.807) is 0 Å². The van der Waals surface area contributed by atoms with Gasteiger partial charge in [0.2, 0.25) is 5.91 Å². The van der Waals surface area contributed by atoms with Crippen LogP contribution in [0.1, 0.15) is 62.8 Å². The first-order chi connectivity index (χ1) is 12.6. The van der Waals surface area contributed by atoms with Gasteiger partial charge in [-0.25, -0.2) is 0 Å². The normalized spacial score (nSPS) is 17.9. The maximum absolute atomic E-state index is 12.7. The number of carbonyl (C=O) groups is 1. The van der Waals surface area contributed by atoms with Crippen molar-refractivity contribution in [3.8, 4) is 5.75 Å². The number of nitrogens with one attached hydrogen (secondary N) is 1. The summed E-state index contributed by atoms with van der Waals surface area (Å²) in [6.07, 6.45) is 4.11. The van der Waals surface area contributed by atoms with Crippen molar-refractivity contribution in [1.82, 2.24) is 5.32 Å². The molecule has 3 rings (SSSR count). The maximum Gasteiger partial charge on any atom is 0.224 e. The average Bonchev–Trinajstić information content (AvgIpc) is 2.68. The second-order valence-electron chi connectivity index (χ2n) is 7.20. The van der Waals surface area contributed by atoms with Crippen LogP contribution in [0.2, 0.25) is 0 Å². The molecule has 0 saturated heterocycles. The summed E-state index contributed by atoms with van der Waals surface area (Å²) in [6.45, 7) is 6.45. The Morgan fingerprint density at radius 3 is 2.35 bits per heavy atom. The molecule has 26 heavy (non-hydrogen) atoms. The van der Waals surface area contributed by atoms with E-state index in [2.05, 4.69) is 56.4 Å². The van der Waals surface area contributed by atoms with E-state index in [0.717, 1.165) is 42.6 Å².